The number of fused-ring (bicyclic) bond motifs is 1. The molecule has 2 heterocycles. The summed E-state index contributed by atoms with van der Waals surface area (Å²) in [5, 5.41) is 6.18. The maximum absolute atomic E-state index is 11.9. The van der Waals surface area contributed by atoms with Crippen LogP contribution in [-0.4, -0.2) is 33.5 Å². The number of rotatable bonds is 3. The van der Waals surface area contributed by atoms with Gasteiger partial charge in [-0.25, -0.2) is 18.3 Å². The first-order valence-corrected chi connectivity index (χ1v) is 4.94. The summed E-state index contributed by atoms with van der Waals surface area (Å²) in [4.78, 5) is 15.5. The highest BCUT2D eigenvalue weighted by Gasteiger charge is 2.10. The summed E-state index contributed by atoms with van der Waals surface area (Å²) in [7, 11) is 0. The Morgan fingerprint density at radius 2 is 2.35 bits per heavy atom. The molecule has 0 spiro atoms. The van der Waals surface area contributed by atoms with Gasteiger partial charge in [0, 0.05) is 18.5 Å². The van der Waals surface area contributed by atoms with Gasteiger partial charge in [-0.3, -0.25) is 4.79 Å². The van der Waals surface area contributed by atoms with E-state index in [9.17, 15) is 13.6 Å². The highest BCUT2D eigenvalue weighted by atomic mass is 19.3. The number of hydrogen-bond acceptors (Lipinski definition) is 3. The second kappa shape index (κ2) is 4.44. The molecule has 0 fully saturated rings. The Balaban J connectivity index is 2.20. The molecule has 0 radical (unpaired) electrons. The fraction of sp³-hybridized carbons (Fsp3) is 0.300. The van der Waals surface area contributed by atoms with Crippen molar-refractivity contribution < 1.29 is 13.6 Å². The molecule has 0 saturated heterocycles. The Kier molecular flexibility index (Phi) is 2.99. The summed E-state index contributed by atoms with van der Waals surface area (Å²) in [5.41, 5.74) is 1.57. The maximum Gasteiger partial charge on any atom is 0.255 e. The normalized spacial score (nSPS) is 11.1. The minimum Gasteiger partial charge on any atom is -0.346 e. The number of aromatic nitrogens is 3. The van der Waals surface area contributed by atoms with E-state index in [1.807, 2.05) is 0 Å². The van der Waals surface area contributed by atoms with Gasteiger partial charge < -0.3 is 5.32 Å². The fourth-order valence-corrected chi connectivity index (χ4v) is 1.38. The van der Waals surface area contributed by atoms with Gasteiger partial charge in [0.25, 0.3) is 12.3 Å². The van der Waals surface area contributed by atoms with Gasteiger partial charge in [-0.05, 0) is 6.92 Å². The summed E-state index contributed by atoms with van der Waals surface area (Å²) in [5.74, 6) is -0.590. The van der Waals surface area contributed by atoms with Gasteiger partial charge in [0.2, 0.25) is 0 Å². The zero-order valence-electron chi connectivity index (χ0n) is 9.02. The van der Waals surface area contributed by atoms with E-state index in [1.165, 1.54) is 16.9 Å². The number of carbonyl (C=O) groups is 1. The molecule has 0 aliphatic carbocycles. The lowest BCUT2D eigenvalue weighted by molar-refractivity contribution is 0.0891. The third-order valence-electron chi connectivity index (χ3n) is 2.11. The second-order valence-electron chi connectivity index (χ2n) is 3.53. The van der Waals surface area contributed by atoms with Crippen LogP contribution in [0.5, 0.6) is 0 Å². The van der Waals surface area contributed by atoms with Crippen LogP contribution in [0.1, 0.15) is 16.1 Å². The van der Waals surface area contributed by atoms with Crippen LogP contribution >= 0.6 is 0 Å². The Bertz CT molecular complexity index is 552. The van der Waals surface area contributed by atoms with Crippen molar-refractivity contribution in [2.75, 3.05) is 6.54 Å². The van der Waals surface area contributed by atoms with Crippen molar-refractivity contribution >= 4 is 11.6 Å². The highest BCUT2D eigenvalue weighted by molar-refractivity contribution is 5.93. The van der Waals surface area contributed by atoms with Gasteiger partial charge in [0.15, 0.2) is 5.65 Å². The van der Waals surface area contributed by atoms with Gasteiger partial charge >= 0.3 is 0 Å². The van der Waals surface area contributed by atoms with Gasteiger partial charge in [-0.15, -0.1) is 0 Å². The van der Waals surface area contributed by atoms with E-state index < -0.39 is 18.9 Å². The van der Waals surface area contributed by atoms with Crippen molar-refractivity contribution in [2.24, 2.45) is 0 Å². The number of nitrogens with one attached hydrogen (secondary N) is 1. The molecule has 1 amide bonds. The van der Waals surface area contributed by atoms with E-state index in [-0.39, 0.29) is 5.56 Å². The summed E-state index contributed by atoms with van der Waals surface area (Å²) in [6.45, 7) is 1.13. The predicted octanol–water partition coefficient (Wildman–Crippen LogP) is 1.03. The van der Waals surface area contributed by atoms with E-state index >= 15 is 0 Å². The molecule has 7 heteroatoms. The Morgan fingerprint density at radius 1 is 1.59 bits per heavy atom. The van der Waals surface area contributed by atoms with Crippen LogP contribution in [0.15, 0.2) is 18.5 Å². The van der Waals surface area contributed by atoms with Crippen LogP contribution in [0.2, 0.25) is 0 Å². The van der Waals surface area contributed by atoms with Crippen molar-refractivity contribution in [3.05, 3.63) is 29.7 Å². The topological polar surface area (TPSA) is 59.3 Å². The van der Waals surface area contributed by atoms with Crippen LogP contribution in [-0.2, 0) is 0 Å². The lowest BCUT2D eigenvalue weighted by Gasteiger charge is -2.03. The number of carbonyl (C=O) groups excluding carboxylic acids is 1. The number of aryl methyl sites for hydroxylation is 1. The van der Waals surface area contributed by atoms with Crippen molar-refractivity contribution in [1.82, 2.24) is 19.9 Å². The predicted molar refractivity (Wildman–Crippen MR) is 56.1 cm³/mol. The Morgan fingerprint density at radius 3 is 3.06 bits per heavy atom. The van der Waals surface area contributed by atoms with Gasteiger partial charge in [0.05, 0.1) is 17.8 Å². The molecule has 5 nitrogen and oxygen atoms in total. The number of amides is 1. The molecule has 2 aromatic heterocycles. The SMILES string of the molecule is Cc1cc2ncc(C(=O)NCC(F)F)cn2n1. The number of halogens is 2. The maximum atomic E-state index is 11.9. The molecular formula is C10H10F2N4O. The molecule has 0 bridgehead atoms. The Labute approximate surface area is 95.5 Å². The first kappa shape index (κ1) is 11.4. The van der Waals surface area contributed by atoms with Crippen LogP contribution in [0.25, 0.3) is 5.65 Å². The van der Waals surface area contributed by atoms with Gasteiger partial charge in [-0.2, -0.15) is 5.10 Å². The van der Waals surface area contributed by atoms with Crippen LogP contribution in [0, 0.1) is 6.92 Å². The van der Waals surface area contributed by atoms with E-state index in [0.717, 1.165) is 5.69 Å². The quantitative estimate of drug-likeness (QED) is 0.871. The molecule has 17 heavy (non-hydrogen) atoms. The average Bonchev–Trinajstić information content (AvgIpc) is 2.64. The standard InChI is InChI=1S/C10H10F2N4O/c1-6-2-9-13-3-7(5-16(9)15-6)10(17)14-4-8(11)12/h2-3,5,8H,4H2,1H3,(H,14,17). The first-order valence-electron chi connectivity index (χ1n) is 4.94. The third kappa shape index (κ3) is 2.55. The molecule has 0 atom stereocenters. The lowest BCUT2D eigenvalue weighted by atomic mass is 10.3. The van der Waals surface area contributed by atoms with Crippen LogP contribution < -0.4 is 5.32 Å². The van der Waals surface area contributed by atoms with Crippen molar-refractivity contribution in [1.29, 1.82) is 0 Å². The second-order valence-corrected chi connectivity index (χ2v) is 3.53. The molecule has 0 aliphatic heterocycles. The summed E-state index contributed by atoms with van der Waals surface area (Å²) < 4.78 is 25.3. The van der Waals surface area contributed by atoms with Crippen molar-refractivity contribution in [2.45, 2.75) is 13.3 Å². The van der Waals surface area contributed by atoms with Crippen LogP contribution in [0.4, 0.5) is 8.78 Å². The van der Waals surface area contributed by atoms with E-state index in [1.54, 1.807) is 13.0 Å². The van der Waals surface area contributed by atoms with Crippen LogP contribution in [0.3, 0.4) is 0 Å². The molecule has 0 aliphatic rings. The third-order valence-corrected chi connectivity index (χ3v) is 2.11. The zero-order chi connectivity index (χ0) is 12.4. The number of nitrogens with zero attached hydrogens (tertiary/aromatic N) is 3. The van der Waals surface area contributed by atoms with Crippen molar-refractivity contribution in [3.63, 3.8) is 0 Å². The van der Waals surface area contributed by atoms with E-state index in [2.05, 4.69) is 15.4 Å². The number of alkyl halides is 2. The lowest BCUT2D eigenvalue weighted by Crippen LogP contribution is -2.28. The largest absolute Gasteiger partial charge is 0.346 e. The molecule has 0 saturated carbocycles. The summed E-state index contributed by atoms with van der Waals surface area (Å²) >= 11 is 0. The van der Waals surface area contributed by atoms with Crippen molar-refractivity contribution in [3.8, 4) is 0 Å². The molecule has 0 unspecified atom stereocenters. The average molecular weight is 240 g/mol. The van der Waals surface area contributed by atoms with Gasteiger partial charge in [-0.1, -0.05) is 0 Å². The Hall–Kier alpha value is -2.05. The first-order chi connectivity index (χ1) is 8.06. The minimum absolute atomic E-state index is 0.196. The van der Waals surface area contributed by atoms with E-state index in [4.69, 9.17) is 0 Å². The summed E-state index contributed by atoms with van der Waals surface area (Å²) in [6, 6.07) is 1.75. The molecule has 2 aromatic rings. The van der Waals surface area contributed by atoms with Gasteiger partial charge in [0.1, 0.15) is 0 Å². The molecular weight excluding hydrogens is 230 g/mol. The van der Waals surface area contributed by atoms with E-state index in [0.29, 0.717) is 5.65 Å². The highest BCUT2D eigenvalue weighted by Crippen LogP contribution is 2.04. The monoisotopic (exact) mass is 240 g/mol. The molecule has 0 aromatic carbocycles. The molecule has 90 valence electrons. The fourth-order valence-electron chi connectivity index (χ4n) is 1.38. The smallest absolute Gasteiger partial charge is 0.255 e. The zero-order valence-corrected chi connectivity index (χ0v) is 9.02. The number of hydrogen-bond donors (Lipinski definition) is 1. The minimum atomic E-state index is -2.57. The summed E-state index contributed by atoms with van der Waals surface area (Å²) in [6.07, 6.45) is 0.218. The molecule has 2 rings (SSSR count). The molecule has 1 N–H and O–H groups in total.